The molecule has 1 amide bonds. The summed E-state index contributed by atoms with van der Waals surface area (Å²) >= 11 is 0. The lowest BCUT2D eigenvalue weighted by Crippen LogP contribution is -2.36. The molecule has 3 heteroatoms. The molecule has 0 N–H and O–H groups in total. The Balaban J connectivity index is 2.06. The summed E-state index contributed by atoms with van der Waals surface area (Å²) in [5.74, 6) is 0.417. The smallest absolute Gasteiger partial charge is 0.223 e. The molecule has 1 aromatic carbocycles. The second-order valence-electron chi connectivity index (χ2n) is 5.69. The van der Waals surface area contributed by atoms with Gasteiger partial charge in [-0.25, -0.2) is 0 Å². The van der Waals surface area contributed by atoms with Crippen LogP contribution in [0, 0.1) is 5.41 Å². The van der Waals surface area contributed by atoms with Gasteiger partial charge in [-0.2, -0.15) is 0 Å². The Morgan fingerprint density at radius 1 is 1.33 bits per heavy atom. The molecule has 2 rings (SSSR count). The van der Waals surface area contributed by atoms with Gasteiger partial charge in [-0.1, -0.05) is 44.2 Å². The maximum absolute atomic E-state index is 12.0. The van der Waals surface area contributed by atoms with Crippen LogP contribution in [-0.2, 0) is 9.59 Å². The number of benzene rings is 1. The van der Waals surface area contributed by atoms with Crippen LogP contribution in [0.15, 0.2) is 30.3 Å². The van der Waals surface area contributed by atoms with Crippen LogP contribution in [0.4, 0.5) is 0 Å². The number of hydrogen-bond acceptors (Lipinski definition) is 2. The van der Waals surface area contributed by atoms with E-state index < -0.39 is 5.41 Å². The van der Waals surface area contributed by atoms with E-state index in [-0.39, 0.29) is 11.8 Å². The number of carbonyl (C=O) groups is 2. The van der Waals surface area contributed by atoms with Crippen molar-refractivity contribution in [3.05, 3.63) is 35.9 Å². The van der Waals surface area contributed by atoms with Crippen molar-refractivity contribution in [2.45, 2.75) is 26.2 Å². The fourth-order valence-electron chi connectivity index (χ4n) is 2.40. The van der Waals surface area contributed by atoms with Gasteiger partial charge in [0.05, 0.1) is 0 Å². The lowest BCUT2D eigenvalue weighted by atomic mass is 9.95. The van der Waals surface area contributed by atoms with Gasteiger partial charge in [0.2, 0.25) is 5.91 Å². The summed E-state index contributed by atoms with van der Waals surface area (Å²) < 4.78 is 0. The summed E-state index contributed by atoms with van der Waals surface area (Å²) in [6.45, 7) is 4.96. The van der Waals surface area contributed by atoms with Gasteiger partial charge in [0.15, 0.2) is 0 Å². The Morgan fingerprint density at radius 3 is 2.61 bits per heavy atom. The third kappa shape index (κ3) is 2.78. The van der Waals surface area contributed by atoms with E-state index >= 15 is 0 Å². The molecule has 0 radical (unpaired) electrons. The van der Waals surface area contributed by atoms with E-state index in [1.165, 1.54) is 5.56 Å². The largest absolute Gasteiger partial charge is 0.341 e. The van der Waals surface area contributed by atoms with Crippen LogP contribution in [0.25, 0.3) is 0 Å². The minimum atomic E-state index is -0.457. The van der Waals surface area contributed by atoms with Crippen molar-refractivity contribution in [1.82, 2.24) is 4.90 Å². The summed E-state index contributed by atoms with van der Waals surface area (Å²) in [7, 11) is 0. The van der Waals surface area contributed by atoms with Gasteiger partial charge in [-0.3, -0.25) is 4.79 Å². The number of rotatable bonds is 4. The number of amides is 1. The molecule has 0 saturated carbocycles. The highest BCUT2D eigenvalue weighted by Gasteiger charge is 2.33. The molecule has 1 atom stereocenters. The zero-order valence-electron chi connectivity index (χ0n) is 10.9. The highest BCUT2D eigenvalue weighted by Crippen LogP contribution is 2.29. The maximum atomic E-state index is 12.0. The molecular weight excluding hydrogens is 226 g/mol. The van der Waals surface area contributed by atoms with E-state index in [2.05, 4.69) is 12.1 Å². The number of likely N-dealkylation sites (tertiary alicyclic amines) is 1. The zero-order valence-corrected chi connectivity index (χ0v) is 10.9. The first kappa shape index (κ1) is 12.8. The lowest BCUT2D eigenvalue weighted by Gasteiger charge is -2.25. The average molecular weight is 245 g/mol. The zero-order chi connectivity index (χ0) is 13.2. The van der Waals surface area contributed by atoms with Gasteiger partial charge in [0.1, 0.15) is 6.29 Å². The quantitative estimate of drug-likeness (QED) is 0.763. The molecule has 0 aliphatic carbocycles. The molecule has 1 aliphatic heterocycles. The van der Waals surface area contributed by atoms with Crippen LogP contribution >= 0.6 is 0 Å². The number of aldehydes is 1. The minimum Gasteiger partial charge on any atom is -0.341 e. The summed E-state index contributed by atoms with van der Waals surface area (Å²) in [5.41, 5.74) is 0.749. The van der Waals surface area contributed by atoms with E-state index in [0.29, 0.717) is 13.0 Å². The maximum Gasteiger partial charge on any atom is 0.223 e. The Kier molecular flexibility index (Phi) is 3.50. The molecule has 0 unspecified atom stereocenters. The van der Waals surface area contributed by atoms with E-state index in [1.54, 1.807) is 0 Å². The van der Waals surface area contributed by atoms with Crippen LogP contribution in [0.5, 0.6) is 0 Å². The van der Waals surface area contributed by atoms with Crippen molar-refractivity contribution in [1.29, 1.82) is 0 Å². The van der Waals surface area contributed by atoms with Gasteiger partial charge >= 0.3 is 0 Å². The van der Waals surface area contributed by atoms with Crippen LogP contribution in [0.2, 0.25) is 0 Å². The standard InChI is InChI=1S/C15H19NO2/c1-15(2,11-17)10-16-9-13(8-14(16)18)12-6-4-3-5-7-12/h3-7,11,13H,8-10H2,1-2H3/t13-/m0/s1. The van der Waals surface area contributed by atoms with Crippen LogP contribution in [0.3, 0.4) is 0 Å². The topological polar surface area (TPSA) is 37.4 Å². The van der Waals surface area contributed by atoms with Gasteiger partial charge in [-0.05, 0) is 5.56 Å². The summed E-state index contributed by atoms with van der Waals surface area (Å²) in [6.07, 6.45) is 1.48. The van der Waals surface area contributed by atoms with Gasteiger partial charge in [-0.15, -0.1) is 0 Å². The van der Waals surface area contributed by atoms with Crippen molar-refractivity contribution in [2.75, 3.05) is 13.1 Å². The van der Waals surface area contributed by atoms with Crippen molar-refractivity contribution >= 4 is 12.2 Å². The Morgan fingerprint density at radius 2 is 2.00 bits per heavy atom. The fraction of sp³-hybridized carbons (Fsp3) is 0.467. The molecule has 0 bridgehead atoms. The first-order valence-corrected chi connectivity index (χ1v) is 6.31. The van der Waals surface area contributed by atoms with Gasteiger partial charge in [0.25, 0.3) is 0 Å². The van der Waals surface area contributed by atoms with Gasteiger partial charge in [0, 0.05) is 30.8 Å². The highest BCUT2D eigenvalue weighted by molar-refractivity contribution is 5.80. The molecule has 0 aromatic heterocycles. The minimum absolute atomic E-state index is 0.152. The Labute approximate surface area is 108 Å². The summed E-state index contributed by atoms with van der Waals surface area (Å²) in [6, 6.07) is 10.1. The third-order valence-electron chi connectivity index (χ3n) is 3.40. The Bertz CT molecular complexity index is 439. The molecular formula is C15H19NO2. The first-order valence-electron chi connectivity index (χ1n) is 6.31. The number of hydrogen-bond donors (Lipinski definition) is 0. The highest BCUT2D eigenvalue weighted by atomic mass is 16.2. The van der Waals surface area contributed by atoms with Crippen LogP contribution < -0.4 is 0 Å². The molecule has 3 nitrogen and oxygen atoms in total. The lowest BCUT2D eigenvalue weighted by molar-refractivity contribution is -0.129. The second kappa shape index (κ2) is 4.92. The monoisotopic (exact) mass is 245 g/mol. The van der Waals surface area contributed by atoms with Crippen molar-refractivity contribution in [3.63, 3.8) is 0 Å². The van der Waals surface area contributed by atoms with E-state index in [9.17, 15) is 9.59 Å². The molecule has 96 valence electrons. The second-order valence-corrected chi connectivity index (χ2v) is 5.69. The van der Waals surface area contributed by atoms with E-state index in [1.807, 2.05) is 36.9 Å². The third-order valence-corrected chi connectivity index (χ3v) is 3.40. The molecule has 1 saturated heterocycles. The molecule has 1 fully saturated rings. The normalized spacial score (nSPS) is 20.2. The molecule has 0 spiro atoms. The SMILES string of the molecule is CC(C)(C=O)CN1C[C@@H](c2ccccc2)CC1=O. The number of nitrogens with zero attached hydrogens (tertiary/aromatic N) is 1. The van der Waals surface area contributed by atoms with Crippen molar-refractivity contribution in [2.24, 2.45) is 5.41 Å². The fourth-order valence-corrected chi connectivity index (χ4v) is 2.40. The summed E-state index contributed by atoms with van der Waals surface area (Å²) in [5, 5.41) is 0. The molecule has 1 heterocycles. The van der Waals surface area contributed by atoms with E-state index in [4.69, 9.17) is 0 Å². The van der Waals surface area contributed by atoms with E-state index in [0.717, 1.165) is 12.8 Å². The predicted molar refractivity (Wildman–Crippen MR) is 70.2 cm³/mol. The average Bonchev–Trinajstić information content (AvgIpc) is 2.72. The van der Waals surface area contributed by atoms with Crippen LogP contribution in [0.1, 0.15) is 31.7 Å². The van der Waals surface area contributed by atoms with Crippen molar-refractivity contribution in [3.8, 4) is 0 Å². The molecule has 1 aliphatic rings. The Hall–Kier alpha value is -1.64. The molecule has 1 aromatic rings. The van der Waals surface area contributed by atoms with Crippen molar-refractivity contribution < 1.29 is 9.59 Å². The first-order chi connectivity index (χ1) is 8.52. The molecule has 18 heavy (non-hydrogen) atoms. The summed E-state index contributed by atoms with van der Waals surface area (Å²) in [4.78, 5) is 24.7. The van der Waals surface area contributed by atoms with Gasteiger partial charge < -0.3 is 9.69 Å². The predicted octanol–water partition coefficient (Wildman–Crippen LogP) is 2.23. The number of carbonyl (C=O) groups excluding carboxylic acids is 2. The van der Waals surface area contributed by atoms with Crippen LogP contribution in [-0.4, -0.2) is 30.2 Å².